The van der Waals surface area contributed by atoms with Crippen LogP contribution in [0.5, 0.6) is 0 Å². The highest BCUT2D eigenvalue weighted by Gasteiger charge is 2.33. The summed E-state index contributed by atoms with van der Waals surface area (Å²) in [6.07, 6.45) is -14.3. The van der Waals surface area contributed by atoms with Crippen LogP contribution in [0.1, 0.15) is 0 Å². The smallest absolute Gasteiger partial charge is 0.189 e. The van der Waals surface area contributed by atoms with Gasteiger partial charge in [-0.1, -0.05) is 0 Å². The standard InChI is InChI=1S/C7H14O7.C6H12O6/c8-1-3(10)5(12)7(14)6(13)4(11)2-9;7-1-3(9)5(11)6(12)4(10)2-8/h3,5-10,12-14H,1-2H2;1,3-6,8-12H,2H2/t3-,5-,6-,7-;3-,4+,5+,6+/m10/s1. The summed E-state index contributed by atoms with van der Waals surface area (Å²) < 4.78 is 0. The van der Waals surface area contributed by atoms with Gasteiger partial charge in [0, 0.05) is 0 Å². The second kappa shape index (κ2) is 14.0. The summed E-state index contributed by atoms with van der Waals surface area (Å²) >= 11 is 0. The van der Waals surface area contributed by atoms with Crippen LogP contribution >= 0.6 is 0 Å². The Hall–Kier alpha value is -1.10. The van der Waals surface area contributed by atoms with E-state index in [-0.39, 0.29) is 6.29 Å². The van der Waals surface area contributed by atoms with E-state index < -0.39 is 74.4 Å². The van der Waals surface area contributed by atoms with E-state index in [9.17, 15) is 9.59 Å². The van der Waals surface area contributed by atoms with Crippen molar-refractivity contribution in [2.45, 2.75) is 48.8 Å². The van der Waals surface area contributed by atoms with Crippen LogP contribution in [0.2, 0.25) is 0 Å². The van der Waals surface area contributed by atoms with Gasteiger partial charge in [-0.25, -0.2) is 0 Å². The number of Topliss-reactive ketones (excluding diaryl/α,β-unsaturated/α-hetero) is 1. The summed E-state index contributed by atoms with van der Waals surface area (Å²) in [7, 11) is 0. The highest BCUT2D eigenvalue weighted by atomic mass is 16.4. The quantitative estimate of drug-likeness (QED) is 0.147. The van der Waals surface area contributed by atoms with Crippen molar-refractivity contribution in [3.8, 4) is 0 Å². The van der Waals surface area contributed by atoms with Crippen molar-refractivity contribution in [1.82, 2.24) is 0 Å². The van der Waals surface area contributed by atoms with E-state index in [0.717, 1.165) is 0 Å². The van der Waals surface area contributed by atoms with E-state index in [1.807, 2.05) is 0 Å². The molecule has 0 aromatic heterocycles. The molecule has 0 amide bonds. The van der Waals surface area contributed by atoms with Gasteiger partial charge in [0.25, 0.3) is 0 Å². The van der Waals surface area contributed by atoms with Crippen LogP contribution in [0.15, 0.2) is 0 Å². The molecule has 0 rings (SSSR count). The minimum absolute atomic E-state index is 0.0258. The van der Waals surface area contributed by atoms with Crippen molar-refractivity contribution >= 4 is 12.1 Å². The first-order valence-electron chi connectivity index (χ1n) is 7.25. The Bertz CT molecular complexity index is 392. The van der Waals surface area contributed by atoms with Crippen LogP contribution in [0.4, 0.5) is 0 Å². The lowest BCUT2D eigenvalue weighted by molar-refractivity contribution is -0.149. The fraction of sp³-hybridized carbons (Fsp3) is 0.846. The lowest BCUT2D eigenvalue weighted by Crippen LogP contribution is -2.49. The predicted octanol–water partition coefficient (Wildman–Crippen LogP) is -7.40. The minimum Gasteiger partial charge on any atom is -0.394 e. The molecule has 11 N–H and O–H groups in total. The van der Waals surface area contributed by atoms with Crippen molar-refractivity contribution in [2.24, 2.45) is 0 Å². The predicted molar refractivity (Wildman–Crippen MR) is 80.4 cm³/mol. The van der Waals surface area contributed by atoms with Crippen LogP contribution in [-0.2, 0) is 9.59 Å². The van der Waals surface area contributed by atoms with E-state index in [1.165, 1.54) is 0 Å². The molecule has 156 valence electrons. The van der Waals surface area contributed by atoms with E-state index in [4.69, 9.17) is 56.2 Å². The molecule has 0 aromatic carbocycles. The van der Waals surface area contributed by atoms with Crippen molar-refractivity contribution < 1.29 is 65.8 Å². The molecule has 26 heavy (non-hydrogen) atoms. The molecular formula is C13H26O13. The molecule has 0 aliphatic carbocycles. The summed E-state index contributed by atoms with van der Waals surface area (Å²) in [5.41, 5.74) is 0. The number of hydrogen-bond acceptors (Lipinski definition) is 13. The van der Waals surface area contributed by atoms with Crippen LogP contribution in [0, 0.1) is 0 Å². The minimum atomic E-state index is -1.99. The van der Waals surface area contributed by atoms with Gasteiger partial charge in [0.2, 0.25) is 0 Å². The normalized spacial score (nSPS) is 20.4. The molecule has 0 spiro atoms. The Kier molecular flexibility index (Phi) is 14.6. The number of ketones is 1. The van der Waals surface area contributed by atoms with Gasteiger partial charge in [-0.15, -0.1) is 0 Å². The third-order valence-corrected chi connectivity index (χ3v) is 3.16. The van der Waals surface area contributed by atoms with Gasteiger partial charge in [-0.05, 0) is 0 Å². The highest BCUT2D eigenvalue weighted by molar-refractivity contribution is 5.84. The average molecular weight is 390 g/mol. The molecule has 13 nitrogen and oxygen atoms in total. The fourth-order valence-electron chi connectivity index (χ4n) is 1.42. The molecule has 0 heterocycles. The van der Waals surface area contributed by atoms with Gasteiger partial charge in [-0.2, -0.15) is 0 Å². The SMILES string of the molecule is O=C(CO)[C@@H](O)[C@H](O)[C@H](O)[C@H](O)CO.O=C[C@H](O)[C@@H](O)[C@H](O)[C@H](O)CO. The monoisotopic (exact) mass is 390 g/mol. The van der Waals surface area contributed by atoms with Crippen LogP contribution < -0.4 is 0 Å². The number of aliphatic hydroxyl groups excluding tert-OH is 11. The number of aldehydes is 1. The zero-order chi connectivity index (χ0) is 21.0. The second-order valence-electron chi connectivity index (χ2n) is 5.16. The molecule has 0 aromatic rings. The number of aliphatic hydroxyl groups is 11. The second-order valence-corrected chi connectivity index (χ2v) is 5.16. The molecule has 0 unspecified atom stereocenters. The molecule has 0 radical (unpaired) electrons. The number of rotatable bonds is 11. The Morgan fingerprint density at radius 1 is 0.692 bits per heavy atom. The van der Waals surface area contributed by atoms with Gasteiger partial charge in [0.05, 0.1) is 13.2 Å². The lowest BCUT2D eigenvalue weighted by Gasteiger charge is -2.24. The van der Waals surface area contributed by atoms with E-state index in [2.05, 4.69) is 0 Å². The molecule has 0 bridgehead atoms. The van der Waals surface area contributed by atoms with Gasteiger partial charge in [-0.3, -0.25) is 4.79 Å². The van der Waals surface area contributed by atoms with Gasteiger partial charge in [0.1, 0.15) is 55.4 Å². The first kappa shape index (κ1) is 27.1. The summed E-state index contributed by atoms with van der Waals surface area (Å²) in [5.74, 6) is -1.08. The van der Waals surface area contributed by atoms with Crippen molar-refractivity contribution in [3.63, 3.8) is 0 Å². The van der Waals surface area contributed by atoms with Gasteiger partial charge < -0.3 is 61.0 Å². The van der Waals surface area contributed by atoms with E-state index >= 15 is 0 Å². The number of carbonyl (C=O) groups is 2. The topological polar surface area (TPSA) is 257 Å². The number of hydrogen-bond donors (Lipinski definition) is 11. The van der Waals surface area contributed by atoms with Crippen molar-refractivity contribution in [1.29, 1.82) is 0 Å². The maximum absolute atomic E-state index is 10.7. The van der Waals surface area contributed by atoms with Crippen LogP contribution in [0.3, 0.4) is 0 Å². The summed E-state index contributed by atoms with van der Waals surface area (Å²) in [5, 5.41) is 96.2. The molecule has 8 atom stereocenters. The highest BCUT2D eigenvalue weighted by Crippen LogP contribution is 2.05. The summed E-state index contributed by atoms with van der Waals surface area (Å²) in [6, 6.07) is 0. The average Bonchev–Trinajstić information content (AvgIpc) is 2.68. The van der Waals surface area contributed by atoms with Crippen LogP contribution in [-0.4, -0.2) is 137 Å². The Labute approximate surface area is 147 Å². The largest absolute Gasteiger partial charge is 0.394 e. The van der Waals surface area contributed by atoms with E-state index in [1.54, 1.807) is 0 Å². The molecular weight excluding hydrogens is 364 g/mol. The molecule has 0 fully saturated rings. The third kappa shape index (κ3) is 9.02. The summed E-state index contributed by atoms with van der Waals surface area (Å²) in [6.45, 7) is -2.57. The Morgan fingerprint density at radius 3 is 1.38 bits per heavy atom. The zero-order valence-electron chi connectivity index (χ0n) is 13.6. The molecule has 0 saturated heterocycles. The Morgan fingerprint density at radius 2 is 1.08 bits per heavy atom. The maximum atomic E-state index is 10.7. The number of carbonyl (C=O) groups excluding carboxylic acids is 2. The lowest BCUT2D eigenvalue weighted by atomic mass is 10.0. The fourth-order valence-corrected chi connectivity index (χ4v) is 1.42. The third-order valence-electron chi connectivity index (χ3n) is 3.16. The molecule has 0 saturated carbocycles. The van der Waals surface area contributed by atoms with Crippen molar-refractivity contribution in [2.75, 3.05) is 19.8 Å². The molecule has 13 heteroatoms. The Balaban J connectivity index is 0. The maximum Gasteiger partial charge on any atom is 0.189 e. The van der Waals surface area contributed by atoms with Gasteiger partial charge >= 0.3 is 0 Å². The first-order valence-corrected chi connectivity index (χ1v) is 7.25. The van der Waals surface area contributed by atoms with E-state index in [0.29, 0.717) is 0 Å². The molecule has 0 aliphatic rings. The van der Waals surface area contributed by atoms with Crippen LogP contribution in [0.25, 0.3) is 0 Å². The van der Waals surface area contributed by atoms with Crippen molar-refractivity contribution in [3.05, 3.63) is 0 Å². The first-order chi connectivity index (χ1) is 12.0. The van der Waals surface area contributed by atoms with Gasteiger partial charge in [0.15, 0.2) is 12.1 Å². The zero-order valence-corrected chi connectivity index (χ0v) is 13.6. The molecule has 0 aliphatic heterocycles. The summed E-state index contributed by atoms with van der Waals surface area (Å²) in [4.78, 5) is 20.5.